The van der Waals surface area contributed by atoms with Gasteiger partial charge in [0.05, 0.1) is 12.2 Å². The summed E-state index contributed by atoms with van der Waals surface area (Å²) in [5.74, 6) is 0. The first-order valence-electron chi connectivity index (χ1n) is 5.52. The summed E-state index contributed by atoms with van der Waals surface area (Å²) < 4.78 is 14.0. The van der Waals surface area contributed by atoms with E-state index in [0.717, 1.165) is 16.8 Å². The molecule has 0 aliphatic heterocycles. The Kier molecular flexibility index (Phi) is 3.82. The maximum absolute atomic E-state index is 12.3. The van der Waals surface area contributed by atoms with Crippen molar-refractivity contribution < 1.29 is 4.39 Å². The smallest absolute Gasteiger partial charge is 0.109 e. The SMILES string of the molecule is CNCc1cn(CCF)nc1-c1ccncc1. The van der Waals surface area contributed by atoms with Crippen LogP contribution in [0, 0.1) is 0 Å². The number of hydrogen-bond donors (Lipinski definition) is 1. The molecule has 1 N–H and O–H groups in total. The molecular weight excluding hydrogens is 219 g/mol. The molecule has 0 aliphatic carbocycles. The second-order valence-corrected chi connectivity index (χ2v) is 3.72. The molecule has 2 rings (SSSR count). The number of alkyl halides is 1. The molecule has 0 bridgehead atoms. The van der Waals surface area contributed by atoms with Gasteiger partial charge in [-0.2, -0.15) is 5.10 Å². The van der Waals surface area contributed by atoms with Gasteiger partial charge < -0.3 is 5.32 Å². The van der Waals surface area contributed by atoms with Crippen LogP contribution in [0.5, 0.6) is 0 Å². The Bertz CT molecular complexity index is 467. The van der Waals surface area contributed by atoms with Gasteiger partial charge in [-0.05, 0) is 19.2 Å². The van der Waals surface area contributed by atoms with Gasteiger partial charge in [0, 0.05) is 36.3 Å². The van der Waals surface area contributed by atoms with Crippen LogP contribution in [0.3, 0.4) is 0 Å². The number of nitrogens with zero attached hydrogens (tertiary/aromatic N) is 3. The van der Waals surface area contributed by atoms with Crippen molar-refractivity contribution in [3.63, 3.8) is 0 Å². The summed E-state index contributed by atoms with van der Waals surface area (Å²) >= 11 is 0. The van der Waals surface area contributed by atoms with E-state index < -0.39 is 6.67 Å². The van der Waals surface area contributed by atoms with Gasteiger partial charge in [-0.3, -0.25) is 9.67 Å². The van der Waals surface area contributed by atoms with E-state index in [-0.39, 0.29) is 0 Å². The summed E-state index contributed by atoms with van der Waals surface area (Å²) in [5, 5.41) is 7.48. The van der Waals surface area contributed by atoms with Gasteiger partial charge >= 0.3 is 0 Å². The van der Waals surface area contributed by atoms with Crippen molar-refractivity contribution in [3.8, 4) is 11.3 Å². The first-order chi connectivity index (χ1) is 8.35. The van der Waals surface area contributed by atoms with Crippen molar-refractivity contribution in [1.82, 2.24) is 20.1 Å². The number of rotatable bonds is 5. The van der Waals surface area contributed by atoms with E-state index >= 15 is 0 Å². The lowest BCUT2D eigenvalue weighted by atomic mass is 10.1. The van der Waals surface area contributed by atoms with Crippen LogP contribution in [0.2, 0.25) is 0 Å². The second-order valence-electron chi connectivity index (χ2n) is 3.72. The first-order valence-corrected chi connectivity index (χ1v) is 5.52. The van der Waals surface area contributed by atoms with Gasteiger partial charge in [0.15, 0.2) is 0 Å². The average Bonchev–Trinajstić information content (AvgIpc) is 2.74. The van der Waals surface area contributed by atoms with Crippen LogP contribution in [0.4, 0.5) is 4.39 Å². The summed E-state index contributed by atoms with van der Waals surface area (Å²) in [6.07, 6.45) is 5.34. The van der Waals surface area contributed by atoms with E-state index in [0.29, 0.717) is 13.1 Å². The maximum Gasteiger partial charge on any atom is 0.109 e. The highest BCUT2D eigenvalue weighted by molar-refractivity contribution is 5.61. The van der Waals surface area contributed by atoms with E-state index in [2.05, 4.69) is 15.4 Å². The molecule has 2 aromatic heterocycles. The van der Waals surface area contributed by atoms with Crippen LogP contribution in [0.15, 0.2) is 30.7 Å². The summed E-state index contributed by atoms with van der Waals surface area (Å²) in [6.45, 7) is 0.599. The molecule has 4 nitrogen and oxygen atoms in total. The Hall–Kier alpha value is -1.75. The molecule has 90 valence electrons. The lowest BCUT2D eigenvalue weighted by Crippen LogP contribution is -2.05. The second kappa shape index (κ2) is 5.54. The molecule has 0 fully saturated rings. The third-order valence-electron chi connectivity index (χ3n) is 2.47. The third-order valence-corrected chi connectivity index (χ3v) is 2.47. The quantitative estimate of drug-likeness (QED) is 0.855. The largest absolute Gasteiger partial charge is 0.316 e. The minimum absolute atomic E-state index is 0.293. The van der Waals surface area contributed by atoms with E-state index in [1.165, 1.54) is 0 Å². The number of halogens is 1. The van der Waals surface area contributed by atoms with Crippen molar-refractivity contribution >= 4 is 0 Å². The van der Waals surface area contributed by atoms with Crippen molar-refractivity contribution in [2.24, 2.45) is 0 Å². The monoisotopic (exact) mass is 234 g/mol. The molecule has 0 amide bonds. The molecule has 0 saturated carbocycles. The highest BCUT2D eigenvalue weighted by atomic mass is 19.1. The van der Waals surface area contributed by atoms with Crippen LogP contribution in [-0.4, -0.2) is 28.5 Å². The van der Waals surface area contributed by atoms with Crippen LogP contribution in [0.25, 0.3) is 11.3 Å². The van der Waals surface area contributed by atoms with Crippen LogP contribution in [-0.2, 0) is 13.1 Å². The molecule has 17 heavy (non-hydrogen) atoms. The number of aromatic nitrogens is 3. The third kappa shape index (κ3) is 2.68. The summed E-state index contributed by atoms with van der Waals surface area (Å²) in [6, 6.07) is 3.81. The summed E-state index contributed by atoms with van der Waals surface area (Å²) in [7, 11) is 1.88. The molecular formula is C12H15FN4. The summed E-state index contributed by atoms with van der Waals surface area (Å²) in [4.78, 5) is 3.98. The van der Waals surface area contributed by atoms with Gasteiger partial charge in [0.25, 0.3) is 0 Å². The van der Waals surface area contributed by atoms with E-state index in [9.17, 15) is 4.39 Å². The molecule has 2 aromatic rings. The van der Waals surface area contributed by atoms with Crippen LogP contribution in [0.1, 0.15) is 5.56 Å². The maximum atomic E-state index is 12.3. The van der Waals surface area contributed by atoms with Gasteiger partial charge in [0.1, 0.15) is 6.67 Å². The number of aryl methyl sites for hydroxylation is 1. The topological polar surface area (TPSA) is 42.7 Å². The van der Waals surface area contributed by atoms with E-state index in [1.807, 2.05) is 25.4 Å². The van der Waals surface area contributed by atoms with Gasteiger partial charge in [-0.1, -0.05) is 0 Å². The molecule has 0 spiro atoms. The molecule has 5 heteroatoms. The fourth-order valence-corrected chi connectivity index (χ4v) is 1.74. The lowest BCUT2D eigenvalue weighted by molar-refractivity contribution is 0.427. The average molecular weight is 234 g/mol. The fraction of sp³-hybridized carbons (Fsp3) is 0.333. The van der Waals surface area contributed by atoms with E-state index in [1.54, 1.807) is 17.1 Å². The minimum Gasteiger partial charge on any atom is -0.316 e. The van der Waals surface area contributed by atoms with Gasteiger partial charge in [-0.25, -0.2) is 4.39 Å². The Balaban J connectivity index is 2.37. The predicted molar refractivity (Wildman–Crippen MR) is 64.2 cm³/mol. The van der Waals surface area contributed by atoms with E-state index in [4.69, 9.17) is 0 Å². The highest BCUT2D eigenvalue weighted by Crippen LogP contribution is 2.21. The minimum atomic E-state index is -0.406. The molecule has 2 heterocycles. The Morgan fingerprint density at radius 3 is 2.76 bits per heavy atom. The zero-order valence-corrected chi connectivity index (χ0v) is 9.73. The zero-order chi connectivity index (χ0) is 12.1. The van der Waals surface area contributed by atoms with Crippen molar-refractivity contribution in [1.29, 1.82) is 0 Å². The van der Waals surface area contributed by atoms with Crippen molar-refractivity contribution in [3.05, 3.63) is 36.3 Å². The standard InChI is InChI=1S/C12H15FN4/c1-14-8-11-9-17(7-4-13)16-12(11)10-2-5-15-6-3-10/h2-3,5-6,9,14H,4,7-8H2,1H3. The number of nitrogens with one attached hydrogen (secondary N) is 1. The van der Waals surface area contributed by atoms with Crippen LogP contribution >= 0.6 is 0 Å². The number of pyridine rings is 1. The fourth-order valence-electron chi connectivity index (χ4n) is 1.74. The Morgan fingerprint density at radius 1 is 1.35 bits per heavy atom. The van der Waals surface area contributed by atoms with Crippen LogP contribution < -0.4 is 5.32 Å². The van der Waals surface area contributed by atoms with Crippen molar-refractivity contribution in [2.45, 2.75) is 13.1 Å². The van der Waals surface area contributed by atoms with Crippen molar-refractivity contribution in [2.75, 3.05) is 13.7 Å². The first kappa shape index (κ1) is 11.7. The predicted octanol–water partition coefficient (Wildman–Crippen LogP) is 1.63. The molecule has 0 atom stereocenters. The highest BCUT2D eigenvalue weighted by Gasteiger charge is 2.10. The Morgan fingerprint density at radius 2 is 2.12 bits per heavy atom. The molecule has 0 radical (unpaired) electrons. The number of hydrogen-bond acceptors (Lipinski definition) is 3. The van der Waals surface area contributed by atoms with Gasteiger partial charge in [0.2, 0.25) is 0 Å². The molecule has 0 aliphatic rings. The zero-order valence-electron chi connectivity index (χ0n) is 9.73. The molecule has 0 aromatic carbocycles. The molecule has 0 saturated heterocycles. The normalized spacial score (nSPS) is 10.7. The Labute approximate surface area is 99.5 Å². The molecule has 0 unspecified atom stereocenters. The van der Waals surface area contributed by atoms with Gasteiger partial charge in [-0.15, -0.1) is 0 Å². The lowest BCUT2D eigenvalue weighted by Gasteiger charge is -2.00. The summed E-state index contributed by atoms with van der Waals surface area (Å²) in [5.41, 5.74) is 2.95.